The molecule has 0 heterocycles. The van der Waals surface area contributed by atoms with Crippen LogP contribution in [0, 0.1) is 0 Å². The third kappa shape index (κ3) is 35.1. The number of nitrogens with zero attached hydrogens (tertiary/aromatic N) is 1. The first kappa shape index (κ1) is 52.7. The molecule has 0 aliphatic carbocycles. The summed E-state index contributed by atoms with van der Waals surface area (Å²) in [6.07, 6.45) is 31.0. The Morgan fingerprint density at radius 1 is 0.519 bits per heavy atom. The molecule has 0 bridgehead atoms. The fourth-order valence-corrected chi connectivity index (χ4v) is 7.00. The molecule has 0 saturated heterocycles. The Labute approximate surface area is 331 Å². The van der Waals surface area contributed by atoms with Gasteiger partial charge in [0.05, 0.1) is 13.2 Å². The van der Waals surface area contributed by atoms with Crippen LogP contribution in [0.5, 0.6) is 0 Å². The van der Waals surface area contributed by atoms with E-state index in [-0.39, 0.29) is 25.0 Å². The molecule has 0 aliphatic heterocycles. The molecule has 10 nitrogen and oxygen atoms in total. The first-order chi connectivity index (χ1) is 25.9. The van der Waals surface area contributed by atoms with Gasteiger partial charge in [-0.3, -0.25) is 9.69 Å². The molecular weight excluding hydrogens is 686 g/mol. The molecule has 0 radical (unpaired) electrons. The Balaban J connectivity index is 4.38. The van der Waals surface area contributed by atoms with E-state index in [4.69, 9.17) is 9.47 Å². The second kappa shape index (κ2) is 36.1. The highest BCUT2D eigenvalue weighted by Gasteiger charge is 2.36. The number of rotatable bonds is 41. The van der Waals surface area contributed by atoms with Crippen molar-refractivity contribution in [2.24, 2.45) is 0 Å². The van der Waals surface area contributed by atoms with E-state index >= 15 is 0 Å². The highest BCUT2D eigenvalue weighted by atomic mass is 16.7. The van der Waals surface area contributed by atoms with Gasteiger partial charge in [0, 0.05) is 12.8 Å². The van der Waals surface area contributed by atoms with Crippen molar-refractivity contribution < 1.29 is 44.6 Å². The average Bonchev–Trinajstić information content (AvgIpc) is 3.12. The van der Waals surface area contributed by atoms with Gasteiger partial charge in [-0.25, -0.2) is 4.79 Å². The highest BCUT2D eigenvalue weighted by molar-refractivity contribution is 5.77. The Morgan fingerprint density at radius 2 is 0.926 bits per heavy atom. The van der Waals surface area contributed by atoms with Gasteiger partial charge in [-0.1, -0.05) is 156 Å². The summed E-state index contributed by atoms with van der Waals surface area (Å²) in [5, 5.41) is 50.0. The van der Waals surface area contributed by atoms with E-state index in [1.165, 1.54) is 96.3 Å². The predicted molar refractivity (Wildman–Crippen MR) is 219 cm³/mol. The maximum Gasteiger partial charge on any atom is 0.366 e. The lowest BCUT2D eigenvalue weighted by Crippen LogP contribution is -2.43. The number of carbonyl (C=O) groups is 2. The van der Waals surface area contributed by atoms with Crippen molar-refractivity contribution in [3.63, 3.8) is 0 Å². The average molecular weight is 774 g/mol. The molecule has 0 aromatic rings. The lowest BCUT2D eigenvalue weighted by atomic mass is 10.0. The minimum Gasteiger partial charge on any atom is -0.466 e. The van der Waals surface area contributed by atoms with Gasteiger partial charge < -0.3 is 35.0 Å². The molecule has 0 fully saturated rings. The Morgan fingerprint density at radius 3 is 1.41 bits per heavy atom. The quantitative estimate of drug-likeness (QED) is 0.0230. The maximum absolute atomic E-state index is 12.8. The van der Waals surface area contributed by atoms with Crippen molar-refractivity contribution >= 4 is 11.9 Å². The molecule has 0 saturated carbocycles. The lowest BCUT2D eigenvalue weighted by Gasteiger charge is -2.27. The zero-order valence-electron chi connectivity index (χ0n) is 35.3. The molecule has 0 atom stereocenters. The van der Waals surface area contributed by atoms with Crippen LogP contribution in [0.1, 0.15) is 226 Å². The van der Waals surface area contributed by atoms with Crippen LogP contribution in [0.2, 0.25) is 0 Å². The van der Waals surface area contributed by atoms with E-state index in [0.717, 1.165) is 70.6 Å². The summed E-state index contributed by atoms with van der Waals surface area (Å²) < 4.78 is 11.1. The summed E-state index contributed by atoms with van der Waals surface area (Å²) >= 11 is 0. The van der Waals surface area contributed by atoms with Gasteiger partial charge in [-0.15, -0.1) is 0 Å². The number of esters is 2. The highest BCUT2D eigenvalue weighted by Crippen LogP contribution is 2.21. The van der Waals surface area contributed by atoms with Crippen LogP contribution in [0.15, 0.2) is 0 Å². The standard InChI is InChI=1S/C44H87NO9/c1-4-7-10-13-16-17-18-23-31-38-53-41(46)34-27-24-30-37-45(39-44(50,51)52)36-29-22-21-28-35-43(48,49)42(47)54-40(32-25-19-14-11-8-5-2)33-26-20-15-12-9-6-3/h40,48-52H,4-39H2,1-3H3. The fraction of sp³-hybridized carbons (Fsp3) is 0.955. The Bertz CT molecular complexity index is 832. The van der Waals surface area contributed by atoms with Crippen molar-refractivity contribution in [1.82, 2.24) is 4.90 Å². The number of hydrogen-bond donors (Lipinski definition) is 5. The number of unbranched alkanes of at least 4 members (excludes halogenated alkanes) is 23. The van der Waals surface area contributed by atoms with Crippen LogP contribution in [0.4, 0.5) is 0 Å². The van der Waals surface area contributed by atoms with Gasteiger partial charge in [-0.2, -0.15) is 0 Å². The fourth-order valence-electron chi connectivity index (χ4n) is 7.00. The molecule has 322 valence electrons. The lowest BCUT2D eigenvalue weighted by molar-refractivity contribution is -0.317. The van der Waals surface area contributed by atoms with Gasteiger partial charge in [0.25, 0.3) is 11.8 Å². The number of hydrogen-bond acceptors (Lipinski definition) is 10. The summed E-state index contributed by atoms with van der Waals surface area (Å²) in [7, 11) is 0. The minimum atomic E-state index is -2.80. The van der Waals surface area contributed by atoms with E-state index in [0.29, 0.717) is 51.8 Å². The third-order valence-corrected chi connectivity index (χ3v) is 10.4. The number of carbonyl (C=O) groups excluding carboxylic acids is 2. The van der Waals surface area contributed by atoms with Crippen LogP contribution in [0.3, 0.4) is 0 Å². The zero-order valence-corrected chi connectivity index (χ0v) is 35.3. The number of ether oxygens (including phenoxy) is 2. The summed E-state index contributed by atoms with van der Waals surface area (Å²) in [4.78, 5) is 26.7. The molecule has 0 rings (SSSR count). The van der Waals surface area contributed by atoms with Gasteiger partial charge in [-0.05, 0) is 70.9 Å². The van der Waals surface area contributed by atoms with Crippen LogP contribution >= 0.6 is 0 Å². The summed E-state index contributed by atoms with van der Waals surface area (Å²) in [5.74, 6) is -6.44. The van der Waals surface area contributed by atoms with E-state index < -0.39 is 17.7 Å². The molecule has 54 heavy (non-hydrogen) atoms. The molecule has 0 amide bonds. The molecule has 0 aliphatic rings. The van der Waals surface area contributed by atoms with Gasteiger partial charge in [0.2, 0.25) is 0 Å². The normalized spacial score (nSPS) is 12.3. The van der Waals surface area contributed by atoms with Gasteiger partial charge >= 0.3 is 11.9 Å². The molecule has 0 aromatic carbocycles. The molecule has 0 aromatic heterocycles. The van der Waals surface area contributed by atoms with Crippen molar-refractivity contribution in [3.8, 4) is 0 Å². The number of aliphatic hydroxyl groups is 5. The van der Waals surface area contributed by atoms with Crippen LogP contribution in [-0.4, -0.2) is 86.5 Å². The van der Waals surface area contributed by atoms with Crippen LogP contribution in [-0.2, 0) is 19.1 Å². The van der Waals surface area contributed by atoms with Crippen molar-refractivity contribution in [3.05, 3.63) is 0 Å². The first-order valence-corrected chi connectivity index (χ1v) is 22.7. The summed E-state index contributed by atoms with van der Waals surface area (Å²) in [5.41, 5.74) is 0. The molecule has 5 N–H and O–H groups in total. The van der Waals surface area contributed by atoms with E-state index in [2.05, 4.69) is 20.8 Å². The van der Waals surface area contributed by atoms with Crippen molar-refractivity contribution in [2.45, 2.75) is 244 Å². The minimum absolute atomic E-state index is 0.106. The van der Waals surface area contributed by atoms with E-state index in [1.54, 1.807) is 4.90 Å². The topological polar surface area (TPSA) is 157 Å². The largest absolute Gasteiger partial charge is 0.466 e. The second-order valence-corrected chi connectivity index (χ2v) is 16.0. The van der Waals surface area contributed by atoms with Crippen LogP contribution in [0.25, 0.3) is 0 Å². The summed E-state index contributed by atoms with van der Waals surface area (Å²) in [6.45, 7) is 7.86. The monoisotopic (exact) mass is 774 g/mol. The third-order valence-electron chi connectivity index (χ3n) is 10.4. The maximum atomic E-state index is 12.8. The predicted octanol–water partition coefficient (Wildman–Crippen LogP) is 9.60. The smallest absolute Gasteiger partial charge is 0.366 e. The second-order valence-electron chi connectivity index (χ2n) is 16.0. The molecule has 0 spiro atoms. The van der Waals surface area contributed by atoms with Crippen molar-refractivity contribution in [2.75, 3.05) is 26.2 Å². The molecule has 10 heteroatoms. The Kier molecular flexibility index (Phi) is 35.2. The summed E-state index contributed by atoms with van der Waals surface area (Å²) in [6, 6.07) is 0. The van der Waals surface area contributed by atoms with E-state index in [9.17, 15) is 35.1 Å². The van der Waals surface area contributed by atoms with E-state index in [1.807, 2.05) is 0 Å². The molecular formula is C44H87NO9. The van der Waals surface area contributed by atoms with Crippen LogP contribution < -0.4 is 0 Å². The first-order valence-electron chi connectivity index (χ1n) is 22.7. The molecule has 0 unspecified atom stereocenters. The Hall–Kier alpha value is -1.30. The van der Waals surface area contributed by atoms with Crippen molar-refractivity contribution in [1.29, 1.82) is 0 Å². The van der Waals surface area contributed by atoms with Gasteiger partial charge in [0.15, 0.2) is 0 Å². The SMILES string of the molecule is CCCCCCCCCCCOC(=O)CCCCCN(CCCCCCC(O)(O)C(=O)OC(CCCCCCCC)CCCCCCCC)CC(O)(O)O. The zero-order chi connectivity index (χ0) is 40.2. The van der Waals surface area contributed by atoms with Gasteiger partial charge in [0.1, 0.15) is 6.10 Å².